The Morgan fingerprint density at radius 2 is 2.15 bits per heavy atom. The van der Waals surface area contributed by atoms with E-state index in [4.69, 9.17) is 5.11 Å². The van der Waals surface area contributed by atoms with Gasteiger partial charge >= 0.3 is 0 Å². The number of nitrogens with one attached hydrogen (secondary N) is 1. The molecule has 0 aromatic heterocycles. The Balaban J connectivity index is 2.50. The van der Waals surface area contributed by atoms with E-state index >= 15 is 0 Å². The van der Waals surface area contributed by atoms with Crippen molar-refractivity contribution in [3.05, 3.63) is 27.8 Å². The van der Waals surface area contributed by atoms with Crippen molar-refractivity contribution < 1.29 is 9.50 Å². The number of alkyl halides is 1. The lowest BCUT2D eigenvalue weighted by Crippen LogP contribution is -2.21. The average Bonchev–Trinajstić information content (AvgIpc) is 2.16. The SMILES string of the molecule is OC(CF)CNc1ccccc1I. The van der Waals surface area contributed by atoms with Crippen LogP contribution in [0.1, 0.15) is 0 Å². The molecule has 0 aliphatic carbocycles. The Morgan fingerprint density at radius 1 is 1.46 bits per heavy atom. The largest absolute Gasteiger partial charge is 0.389 e. The van der Waals surface area contributed by atoms with Crippen LogP contribution in [-0.2, 0) is 0 Å². The first kappa shape index (κ1) is 10.7. The van der Waals surface area contributed by atoms with Gasteiger partial charge in [0.1, 0.15) is 6.67 Å². The molecule has 0 saturated heterocycles. The van der Waals surface area contributed by atoms with E-state index in [1.54, 1.807) is 0 Å². The van der Waals surface area contributed by atoms with Crippen LogP contribution in [0.4, 0.5) is 10.1 Å². The highest BCUT2D eigenvalue weighted by Crippen LogP contribution is 2.16. The standard InChI is InChI=1S/C9H11FINO/c10-5-7(13)6-12-9-4-2-1-3-8(9)11/h1-4,7,12-13H,5-6H2. The van der Waals surface area contributed by atoms with E-state index in [0.717, 1.165) is 9.26 Å². The molecular formula is C9H11FINO. The van der Waals surface area contributed by atoms with E-state index in [2.05, 4.69) is 27.9 Å². The molecule has 1 unspecified atom stereocenters. The zero-order chi connectivity index (χ0) is 9.68. The van der Waals surface area contributed by atoms with Crippen molar-refractivity contribution in [1.29, 1.82) is 0 Å². The fourth-order valence-electron chi connectivity index (χ4n) is 0.887. The molecule has 0 aliphatic rings. The summed E-state index contributed by atoms with van der Waals surface area (Å²) in [6.45, 7) is -0.465. The maximum absolute atomic E-state index is 11.9. The van der Waals surface area contributed by atoms with Crippen molar-refractivity contribution in [2.75, 3.05) is 18.5 Å². The third kappa shape index (κ3) is 3.48. The summed E-state index contributed by atoms with van der Waals surface area (Å²) >= 11 is 2.18. The summed E-state index contributed by atoms with van der Waals surface area (Å²) in [4.78, 5) is 0. The molecule has 0 amide bonds. The first-order valence-corrected chi connectivity index (χ1v) is 5.04. The van der Waals surface area contributed by atoms with Gasteiger partial charge in [-0.15, -0.1) is 0 Å². The maximum atomic E-state index is 11.9. The summed E-state index contributed by atoms with van der Waals surface area (Å²) in [5, 5.41) is 11.9. The quantitative estimate of drug-likeness (QED) is 0.833. The number of rotatable bonds is 4. The van der Waals surface area contributed by atoms with Crippen LogP contribution in [0.25, 0.3) is 0 Å². The Hall–Kier alpha value is -0.360. The molecule has 1 aromatic carbocycles. The van der Waals surface area contributed by atoms with E-state index in [1.165, 1.54) is 0 Å². The van der Waals surface area contributed by atoms with Crippen molar-refractivity contribution >= 4 is 28.3 Å². The van der Waals surface area contributed by atoms with Crippen LogP contribution in [0.15, 0.2) is 24.3 Å². The molecule has 2 nitrogen and oxygen atoms in total. The molecule has 0 saturated carbocycles. The van der Waals surface area contributed by atoms with Crippen LogP contribution in [0.3, 0.4) is 0 Å². The monoisotopic (exact) mass is 295 g/mol. The summed E-state index contributed by atoms with van der Waals surface area (Å²) in [5.41, 5.74) is 0.926. The molecule has 0 heterocycles. The van der Waals surface area contributed by atoms with Gasteiger partial charge in [0.25, 0.3) is 0 Å². The second kappa shape index (κ2) is 5.39. The molecule has 2 N–H and O–H groups in total. The van der Waals surface area contributed by atoms with Gasteiger partial charge in [-0.3, -0.25) is 0 Å². The summed E-state index contributed by atoms with van der Waals surface area (Å²) in [6.07, 6.45) is -0.920. The molecule has 1 rings (SSSR count). The van der Waals surface area contributed by atoms with Crippen LogP contribution in [0.2, 0.25) is 0 Å². The van der Waals surface area contributed by atoms with Crippen molar-refractivity contribution in [2.45, 2.75) is 6.10 Å². The van der Waals surface area contributed by atoms with Crippen LogP contribution in [0.5, 0.6) is 0 Å². The lowest BCUT2D eigenvalue weighted by atomic mass is 10.3. The molecule has 13 heavy (non-hydrogen) atoms. The van der Waals surface area contributed by atoms with Gasteiger partial charge in [0.05, 0.1) is 6.10 Å². The van der Waals surface area contributed by atoms with Crippen molar-refractivity contribution in [1.82, 2.24) is 0 Å². The first-order chi connectivity index (χ1) is 6.24. The highest BCUT2D eigenvalue weighted by Gasteiger charge is 2.03. The summed E-state index contributed by atoms with van der Waals surface area (Å²) in [5.74, 6) is 0. The van der Waals surface area contributed by atoms with E-state index in [9.17, 15) is 4.39 Å². The number of benzene rings is 1. The molecular weight excluding hydrogens is 284 g/mol. The predicted molar refractivity (Wildman–Crippen MR) is 59.6 cm³/mol. The molecule has 0 spiro atoms. The van der Waals surface area contributed by atoms with Gasteiger partial charge in [0, 0.05) is 15.8 Å². The molecule has 0 aliphatic heterocycles. The lowest BCUT2D eigenvalue weighted by molar-refractivity contribution is 0.151. The Kier molecular flexibility index (Phi) is 4.44. The summed E-state index contributed by atoms with van der Waals surface area (Å²) in [7, 11) is 0. The van der Waals surface area contributed by atoms with Gasteiger partial charge in [-0.1, -0.05) is 12.1 Å². The number of halogens is 2. The minimum Gasteiger partial charge on any atom is -0.389 e. The number of aliphatic hydroxyl groups is 1. The number of aliphatic hydroxyl groups excluding tert-OH is 1. The fourth-order valence-corrected chi connectivity index (χ4v) is 1.46. The van der Waals surface area contributed by atoms with Crippen molar-refractivity contribution in [2.24, 2.45) is 0 Å². The number of para-hydroxylation sites is 1. The molecule has 1 aromatic rings. The van der Waals surface area contributed by atoms with Crippen LogP contribution >= 0.6 is 22.6 Å². The third-order valence-corrected chi connectivity index (χ3v) is 2.52. The average molecular weight is 295 g/mol. The minimum atomic E-state index is -0.920. The topological polar surface area (TPSA) is 32.3 Å². The zero-order valence-corrected chi connectivity index (χ0v) is 9.16. The van der Waals surface area contributed by atoms with E-state index < -0.39 is 12.8 Å². The second-order valence-electron chi connectivity index (χ2n) is 2.67. The molecule has 0 radical (unpaired) electrons. The van der Waals surface area contributed by atoms with Gasteiger partial charge in [0.2, 0.25) is 0 Å². The maximum Gasteiger partial charge on any atom is 0.117 e. The zero-order valence-electron chi connectivity index (χ0n) is 7.00. The molecule has 4 heteroatoms. The number of hydrogen-bond donors (Lipinski definition) is 2. The summed E-state index contributed by atoms with van der Waals surface area (Å²) < 4.78 is 13.0. The molecule has 0 fully saturated rings. The fraction of sp³-hybridized carbons (Fsp3) is 0.333. The third-order valence-electron chi connectivity index (χ3n) is 1.58. The van der Waals surface area contributed by atoms with E-state index in [-0.39, 0.29) is 6.54 Å². The Labute approximate surface area is 90.3 Å². The Bertz CT molecular complexity index is 270. The smallest absolute Gasteiger partial charge is 0.117 e. The normalized spacial score (nSPS) is 12.5. The van der Waals surface area contributed by atoms with Crippen molar-refractivity contribution in [3.8, 4) is 0 Å². The number of hydrogen-bond acceptors (Lipinski definition) is 2. The van der Waals surface area contributed by atoms with E-state index in [0.29, 0.717) is 0 Å². The highest BCUT2D eigenvalue weighted by molar-refractivity contribution is 14.1. The van der Waals surface area contributed by atoms with Gasteiger partial charge in [-0.05, 0) is 34.7 Å². The van der Waals surface area contributed by atoms with Gasteiger partial charge in [-0.25, -0.2) is 4.39 Å². The van der Waals surface area contributed by atoms with Gasteiger partial charge < -0.3 is 10.4 Å². The molecule has 1 atom stereocenters. The van der Waals surface area contributed by atoms with Crippen molar-refractivity contribution in [3.63, 3.8) is 0 Å². The van der Waals surface area contributed by atoms with E-state index in [1.807, 2.05) is 24.3 Å². The Morgan fingerprint density at radius 3 is 2.77 bits per heavy atom. The number of anilines is 1. The van der Waals surface area contributed by atoms with Gasteiger partial charge in [-0.2, -0.15) is 0 Å². The lowest BCUT2D eigenvalue weighted by Gasteiger charge is -2.10. The predicted octanol–water partition coefficient (Wildman–Crippen LogP) is 2.03. The van der Waals surface area contributed by atoms with Crippen LogP contribution in [0, 0.1) is 3.57 Å². The highest BCUT2D eigenvalue weighted by atomic mass is 127. The summed E-state index contributed by atoms with van der Waals surface area (Å²) in [6, 6.07) is 7.67. The van der Waals surface area contributed by atoms with Crippen LogP contribution in [-0.4, -0.2) is 24.4 Å². The minimum absolute atomic E-state index is 0.247. The van der Waals surface area contributed by atoms with Gasteiger partial charge in [0.15, 0.2) is 0 Å². The second-order valence-corrected chi connectivity index (χ2v) is 3.83. The molecule has 0 bridgehead atoms. The molecule has 72 valence electrons. The first-order valence-electron chi connectivity index (χ1n) is 3.96. The van der Waals surface area contributed by atoms with Crippen LogP contribution < -0.4 is 5.32 Å².